The van der Waals surface area contributed by atoms with Crippen molar-refractivity contribution in [2.45, 2.75) is 32.3 Å². The average Bonchev–Trinajstić information content (AvgIpc) is 2.84. The summed E-state index contributed by atoms with van der Waals surface area (Å²) in [4.78, 5) is 10.8. The summed E-state index contributed by atoms with van der Waals surface area (Å²) in [6, 6.07) is 9.36. The lowest BCUT2D eigenvalue weighted by atomic mass is 9.93. The highest BCUT2D eigenvalue weighted by atomic mass is 16.6. The summed E-state index contributed by atoms with van der Waals surface area (Å²) >= 11 is 0. The summed E-state index contributed by atoms with van der Waals surface area (Å²) < 4.78 is 1.48. The number of aliphatic hydroxyl groups is 1. The van der Waals surface area contributed by atoms with Gasteiger partial charge in [-0.05, 0) is 25.3 Å². The van der Waals surface area contributed by atoms with Crippen molar-refractivity contribution in [1.29, 1.82) is 0 Å². The Morgan fingerprint density at radius 1 is 1.39 bits per heavy atom. The normalized spacial score (nSPS) is 13.6. The van der Waals surface area contributed by atoms with Crippen LogP contribution >= 0.6 is 0 Å². The second-order valence-electron chi connectivity index (χ2n) is 5.69. The average molecular weight is 318 g/mol. The van der Waals surface area contributed by atoms with Crippen molar-refractivity contribution in [2.75, 3.05) is 11.9 Å². The number of hydrogen-bond donors (Lipinski definition) is 2. The number of anilines is 1. The van der Waals surface area contributed by atoms with Gasteiger partial charge >= 0.3 is 5.69 Å². The van der Waals surface area contributed by atoms with E-state index in [-0.39, 0.29) is 5.69 Å². The van der Waals surface area contributed by atoms with Crippen molar-refractivity contribution in [3.8, 4) is 0 Å². The molecule has 0 bridgehead atoms. The molecule has 7 nitrogen and oxygen atoms in total. The van der Waals surface area contributed by atoms with Crippen LogP contribution in [0.5, 0.6) is 0 Å². The van der Waals surface area contributed by atoms with Crippen LogP contribution in [-0.4, -0.2) is 26.4 Å². The summed E-state index contributed by atoms with van der Waals surface area (Å²) in [6.45, 7) is 3.96. The fourth-order valence-electron chi connectivity index (χ4n) is 2.56. The van der Waals surface area contributed by atoms with Crippen molar-refractivity contribution in [3.05, 3.63) is 51.7 Å². The topological polar surface area (TPSA) is 93.2 Å². The van der Waals surface area contributed by atoms with Crippen LogP contribution in [0.2, 0.25) is 0 Å². The first kappa shape index (κ1) is 17.0. The third-order valence-corrected chi connectivity index (χ3v) is 3.91. The molecule has 0 aliphatic rings. The number of aryl methyl sites for hydroxylation is 2. The minimum atomic E-state index is -1.00. The van der Waals surface area contributed by atoms with Gasteiger partial charge in [-0.1, -0.05) is 37.3 Å². The van der Waals surface area contributed by atoms with Crippen molar-refractivity contribution < 1.29 is 10.0 Å². The molecule has 1 aromatic heterocycles. The lowest BCUT2D eigenvalue weighted by Gasteiger charge is -2.24. The Bertz CT molecular complexity index is 680. The number of aromatic nitrogens is 2. The number of nitrogens with one attached hydrogen (secondary N) is 1. The molecule has 2 rings (SSSR count). The Balaban J connectivity index is 2.10. The smallest absolute Gasteiger partial charge is 0.333 e. The van der Waals surface area contributed by atoms with Gasteiger partial charge < -0.3 is 10.4 Å². The molecule has 0 amide bonds. The van der Waals surface area contributed by atoms with Crippen LogP contribution in [0.15, 0.2) is 30.3 Å². The predicted octanol–water partition coefficient (Wildman–Crippen LogP) is 2.60. The van der Waals surface area contributed by atoms with E-state index in [0.29, 0.717) is 30.9 Å². The molecule has 0 saturated carbocycles. The molecule has 1 atom stereocenters. The molecule has 23 heavy (non-hydrogen) atoms. The number of nitrogens with zero attached hydrogens (tertiary/aromatic N) is 3. The molecule has 1 unspecified atom stereocenters. The zero-order chi connectivity index (χ0) is 17.0. The summed E-state index contributed by atoms with van der Waals surface area (Å²) in [5.41, 5.74) is 0.273. The van der Waals surface area contributed by atoms with Gasteiger partial charge in [0.2, 0.25) is 5.82 Å². The Kier molecular flexibility index (Phi) is 5.00. The highest BCUT2D eigenvalue weighted by Gasteiger charge is 2.27. The van der Waals surface area contributed by atoms with Crippen molar-refractivity contribution in [3.63, 3.8) is 0 Å². The Hall–Kier alpha value is -2.41. The Morgan fingerprint density at radius 2 is 2.04 bits per heavy atom. The molecule has 2 aromatic rings. The molecule has 0 spiro atoms. The zero-order valence-electron chi connectivity index (χ0n) is 13.6. The van der Waals surface area contributed by atoms with Crippen LogP contribution in [0, 0.1) is 10.1 Å². The molecule has 1 heterocycles. The second-order valence-corrected chi connectivity index (χ2v) is 5.69. The van der Waals surface area contributed by atoms with Crippen molar-refractivity contribution in [2.24, 2.45) is 7.05 Å². The highest BCUT2D eigenvalue weighted by molar-refractivity contribution is 5.59. The number of benzene rings is 1. The standard InChI is InChI=1S/C16H22N4O3/c1-4-13-14(20(22)23)15(19(3)18-13)17-11-10-16(2,21)12-8-6-5-7-9-12/h5-9,17,21H,4,10-11H2,1-3H3. The highest BCUT2D eigenvalue weighted by Crippen LogP contribution is 2.29. The van der Waals surface area contributed by atoms with E-state index in [1.165, 1.54) is 4.68 Å². The van der Waals surface area contributed by atoms with Crippen molar-refractivity contribution in [1.82, 2.24) is 9.78 Å². The molecule has 124 valence electrons. The van der Waals surface area contributed by atoms with Gasteiger partial charge in [0.1, 0.15) is 5.69 Å². The number of hydrogen-bond acceptors (Lipinski definition) is 5. The largest absolute Gasteiger partial charge is 0.385 e. The molecule has 0 saturated heterocycles. The molecule has 1 aromatic carbocycles. The fourth-order valence-corrected chi connectivity index (χ4v) is 2.56. The summed E-state index contributed by atoms with van der Waals surface area (Å²) in [5.74, 6) is 0.371. The minimum absolute atomic E-state index is 0.00866. The van der Waals surface area contributed by atoms with E-state index in [1.54, 1.807) is 14.0 Å². The van der Waals surface area contributed by atoms with Gasteiger partial charge in [0.15, 0.2) is 0 Å². The lowest BCUT2D eigenvalue weighted by Crippen LogP contribution is -2.25. The maximum atomic E-state index is 11.3. The van der Waals surface area contributed by atoms with Gasteiger partial charge in [-0.3, -0.25) is 10.1 Å². The maximum absolute atomic E-state index is 11.3. The van der Waals surface area contributed by atoms with Crippen LogP contribution in [0.4, 0.5) is 11.5 Å². The third kappa shape index (κ3) is 3.68. The summed E-state index contributed by atoms with van der Waals surface area (Å²) in [6.07, 6.45) is 0.911. The zero-order valence-corrected chi connectivity index (χ0v) is 13.6. The summed E-state index contributed by atoms with van der Waals surface area (Å²) in [7, 11) is 1.67. The van der Waals surface area contributed by atoms with E-state index < -0.39 is 10.5 Å². The van der Waals surface area contributed by atoms with E-state index in [2.05, 4.69) is 10.4 Å². The molecular formula is C16H22N4O3. The van der Waals surface area contributed by atoms with Crippen LogP contribution in [0.1, 0.15) is 31.5 Å². The predicted molar refractivity (Wildman–Crippen MR) is 88.4 cm³/mol. The van der Waals surface area contributed by atoms with E-state index in [9.17, 15) is 15.2 Å². The first-order chi connectivity index (χ1) is 10.9. The quantitative estimate of drug-likeness (QED) is 0.604. The van der Waals surface area contributed by atoms with Crippen molar-refractivity contribution >= 4 is 11.5 Å². The van der Waals surface area contributed by atoms with Gasteiger partial charge in [0.05, 0.1) is 10.5 Å². The van der Waals surface area contributed by atoms with Gasteiger partial charge in [-0.15, -0.1) is 0 Å². The minimum Gasteiger partial charge on any atom is -0.385 e. The molecule has 0 aliphatic heterocycles. The lowest BCUT2D eigenvalue weighted by molar-refractivity contribution is -0.384. The molecular weight excluding hydrogens is 296 g/mol. The monoisotopic (exact) mass is 318 g/mol. The van der Waals surface area contributed by atoms with Crippen LogP contribution in [-0.2, 0) is 19.1 Å². The van der Waals surface area contributed by atoms with Gasteiger partial charge in [0, 0.05) is 13.6 Å². The first-order valence-electron chi connectivity index (χ1n) is 7.59. The fraction of sp³-hybridized carbons (Fsp3) is 0.438. The SMILES string of the molecule is CCc1nn(C)c(NCCC(C)(O)c2ccccc2)c1[N+](=O)[O-]. The Morgan fingerprint density at radius 3 is 2.61 bits per heavy atom. The van der Waals surface area contributed by atoms with Crippen LogP contribution in [0.25, 0.3) is 0 Å². The molecule has 2 N–H and O–H groups in total. The van der Waals surface area contributed by atoms with Gasteiger partial charge in [0.25, 0.3) is 0 Å². The Labute approximate surface area is 135 Å². The molecule has 0 radical (unpaired) electrons. The molecule has 0 aliphatic carbocycles. The molecule has 7 heteroatoms. The second kappa shape index (κ2) is 6.78. The van der Waals surface area contributed by atoms with E-state index in [4.69, 9.17) is 0 Å². The van der Waals surface area contributed by atoms with Crippen LogP contribution in [0.3, 0.4) is 0 Å². The van der Waals surface area contributed by atoms with E-state index in [0.717, 1.165) is 5.56 Å². The third-order valence-electron chi connectivity index (χ3n) is 3.91. The number of nitro groups is 1. The number of rotatable bonds is 7. The first-order valence-corrected chi connectivity index (χ1v) is 7.59. The molecule has 0 fully saturated rings. The maximum Gasteiger partial charge on any atom is 0.333 e. The van der Waals surface area contributed by atoms with E-state index in [1.807, 2.05) is 37.3 Å². The van der Waals surface area contributed by atoms with Gasteiger partial charge in [-0.2, -0.15) is 5.10 Å². The van der Waals surface area contributed by atoms with E-state index >= 15 is 0 Å². The summed E-state index contributed by atoms with van der Waals surface area (Å²) in [5, 5.41) is 29.0. The van der Waals surface area contributed by atoms with Crippen LogP contribution < -0.4 is 5.32 Å². The van der Waals surface area contributed by atoms with Gasteiger partial charge in [-0.25, -0.2) is 4.68 Å².